The molecule has 2 heterocycles. The van der Waals surface area contributed by atoms with E-state index in [9.17, 15) is 9.59 Å². The van der Waals surface area contributed by atoms with E-state index in [0.29, 0.717) is 22.7 Å². The molecule has 4 rings (SSSR count). The van der Waals surface area contributed by atoms with Crippen LogP contribution in [-0.2, 0) is 16.0 Å². The zero-order valence-electron chi connectivity index (χ0n) is 15.7. The number of hydrogen-bond acceptors (Lipinski definition) is 6. The molecule has 146 valence electrons. The Bertz CT molecular complexity index is 1180. The van der Waals surface area contributed by atoms with Gasteiger partial charge in [0.15, 0.2) is 11.3 Å². The number of para-hydroxylation sites is 1. The van der Waals surface area contributed by atoms with Gasteiger partial charge in [0.1, 0.15) is 5.69 Å². The number of aromatic nitrogens is 3. The molecular weight excluding hydrogens is 372 g/mol. The summed E-state index contributed by atoms with van der Waals surface area (Å²) in [5, 5.41) is 11.9. The quantitative estimate of drug-likeness (QED) is 0.507. The SMILES string of the molecule is CCOC(=O)c1ccn(-c2cccc(NC(=O)Cc3noc4ccccc34)c2)n1. The van der Waals surface area contributed by atoms with Gasteiger partial charge in [-0.25, -0.2) is 9.48 Å². The summed E-state index contributed by atoms with van der Waals surface area (Å²) in [6.07, 6.45) is 1.75. The Hall–Kier alpha value is -3.94. The molecule has 1 amide bonds. The zero-order valence-corrected chi connectivity index (χ0v) is 15.7. The molecule has 0 aliphatic rings. The lowest BCUT2D eigenvalue weighted by atomic mass is 10.1. The van der Waals surface area contributed by atoms with Crippen LogP contribution in [0.15, 0.2) is 65.3 Å². The first-order valence-corrected chi connectivity index (χ1v) is 9.10. The third-order valence-corrected chi connectivity index (χ3v) is 4.25. The highest BCUT2D eigenvalue weighted by molar-refractivity contribution is 5.94. The highest BCUT2D eigenvalue weighted by Gasteiger charge is 2.13. The maximum absolute atomic E-state index is 12.5. The molecule has 1 N–H and O–H groups in total. The van der Waals surface area contributed by atoms with Crippen LogP contribution in [0.2, 0.25) is 0 Å². The lowest BCUT2D eigenvalue weighted by Crippen LogP contribution is -2.15. The molecule has 2 aromatic carbocycles. The number of carbonyl (C=O) groups is 2. The van der Waals surface area contributed by atoms with Crippen LogP contribution in [-0.4, -0.2) is 33.4 Å². The predicted octanol–water partition coefficient (Wildman–Crippen LogP) is 3.37. The van der Waals surface area contributed by atoms with Crippen molar-refractivity contribution in [1.82, 2.24) is 14.9 Å². The number of nitrogens with zero attached hydrogens (tertiary/aromatic N) is 3. The second kappa shape index (κ2) is 7.97. The van der Waals surface area contributed by atoms with E-state index in [1.54, 1.807) is 42.1 Å². The molecule has 4 aromatic rings. The molecule has 0 unspecified atom stereocenters. The third-order valence-electron chi connectivity index (χ3n) is 4.25. The van der Waals surface area contributed by atoms with Crippen molar-refractivity contribution in [3.05, 3.63) is 72.2 Å². The van der Waals surface area contributed by atoms with Crippen molar-refractivity contribution < 1.29 is 18.8 Å². The number of carbonyl (C=O) groups excluding carboxylic acids is 2. The van der Waals surface area contributed by atoms with Crippen LogP contribution in [0, 0.1) is 0 Å². The molecule has 8 nitrogen and oxygen atoms in total. The molecule has 8 heteroatoms. The summed E-state index contributed by atoms with van der Waals surface area (Å²) in [6, 6.07) is 16.1. The number of hydrogen-bond donors (Lipinski definition) is 1. The highest BCUT2D eigenvalue weighted by atomic mass is 16.5. The summed E-state index contributed by atoms with van der Waals surface area (Å²) < 4.78 is 11.7. The maximum atomic E-state index is 12.5. The van der Waals surface area contributed by atoms with Crippen LogP contribution in [0.1, 0.15) is 23.1 Å². The van der Waals surface area contributed by atoms with Gasteiger partial charge in [-0.2, -0.15) is 5.10 Å². The first-order valence-electron chi connectivity index (χ1n) is 9.10. The van der Waals surface area contributed by atoms with E-state index in [4.69, 9.17) is 9.26 Å². The molecule has 0 fully saturated rings. The molecule has 0 aliphatic carbocycles. The van der Waals surface area contributed by atoms with Crippen molar-refractivity contribution in [2.24, 2.45) is 0 Å². The second-order valence-corrected chi connectivity index (χ2v) is 6.27. The van der Waals surface area contributed by atoms with Crippen LogP contribution in [0.5, 0.6) is 0 Å². The summed E-state index contributed by atoms with van der Waals surface area (Å²) in [5.41, 5.74) is 2.76. The first kappa shape index (κ1) is 18.4. The van der Waals surface area contributed by atoms with E-state index >= 15 is 0 Å². The molecule has 0 saturated carbocycles. The Morgan fingerprint density at radius 1 is 1.14 bits per heavy atom. The third kappa shape index (κ3) is 4.01. The fourth-order valence-electron chi connectivity index (χ4n) is 2.93. The second-order valence-electron chi connectivity index (χ2n) is 6.27. The Balaban J connectivity index is 1.47. The molecule has 0 bridgehead atoms. The van der Waals surface area contributed by atoms with E-state index < -0.39 is 5.97 Å². The van der Waals surface area contributed by atoms with Crippen molar-refractivity contribution >= 4 is 28.5 Å². The average Bonchev–Trinajstić information content (AvgIpc) is 3.36. The van der Waals surface area contributed by atoms with E-state index in [2.05, 4.69) is 15.6 Å². The number of nitrogens with one attached hydrogen (secondary N) is 1. The Labute approximate surface area is 166 Å². The van der Waals surface area contributed by atoms with Crippen molar-refractivity contribution in [3.63, 3.8) is 0 Å². The van der Waals surface area contributed by atoms with Crippen LogP contribution in [0.3, 0.4) is 0 Å². The van der Waals surface area contributed by atoms with Gasteiger partial charge in [0.05, 0.1) is 18.7 Å². The molecule has 0 saturated heterocycles. The van der Waals surface area contributed by atoms with Gasteiger partial charge in [-0.15, -0.1) is 0 Å². The molecule has 29 heavy (non-hydrogen) atoms. The smallest absolute Gasteiger partial charge is 0.358 e. The lowest BCUT2D eigenvalue weighted by molar-refractivity contribution is -0.115. The zero-order chi connectivity index (χ0) is 20.2. The van der Waals surface area contributed by atoms with Crippen molar-refractivity contribution in [1.29, 1.82) is 0 Å². The highest BCUT2D eigenvalue weighted by Crippen LogP contribution is 2.19. The van der Waals surface area contributed by atoms with Crippen molar-refractivity contribution in [3.8, 4) is 5.69 Å². The minimum atomic E-state index is -0.476. The summed E-state index contributed by atoms with van der Waals surface area (Å²) >= 11 is 0. The molecular formula is C21H18N4O4. The standard InChI is InChI=1S/C21H18N4O4/c1-2-28-21(27)17-10-11-25(23-17)15-7-5-6-14(12-15)22-20(26)13-18-16-8-3-4-9-19(16)29-24-18/h3-12H,2,13H2,1H3,(H,22,26). The van der Waals surface area contributed by atoms with Crippen LogP contribution in [0.25, 0.3) is 16.7 Å². The maximum Gasteiger partial charge on any atom is 0.358 e. The van der Waals surface area contributed by atoms with Crippen molar-refractivity contribution in [2.45, 2.75) is 13.3 Å². The summed E-state index contributed by atoms with van der Waals surface area (Å²) in [5.74, 6) is -0.690. The van der Waals surface area contributed by atoms with Gasteiger partial charge in [0.25, 0.3) is 0 Å². The molecule has 0 spiro atoms. The van der Waals surface area contributed by atoms with E-state index in [1.807, 2.05) is 30.3 Å². The number of rotatable bonds is 6. The number of anilines is 1. The Morgan fingerprint density at radius 3 is 2.86 bits per heavy atom. The minimum Gasteiger partial charge on any atom is -0.461 e. The van der Waals surface area contributed by atoms with Crippen molar-refractivity contribution in [2.75, 3.05) is 11.9 Å². The molecule has 0 aliphatic heterocycles. The van der Waals surface area contributed by atoms with Gasteiger partial charge in [-0.3, -0.25) is 4.79 Å². The summed E-state index contributed by atoms with van der Waals surface area (Å²) in [7, 11) is 0. The van der Waals surface area contributed by atoms with Crippen LogP contribution in [0.4, 0.5) is 5.69 Å². The number of ether oxygens (including phenoxy) is 1. The number of benzene rings is 2. The fourth-order valence-corrected chi connectivity index (χ4v) is 2.93. The van der Waals surface area contributed by atoms with Crippen LogP contribution >= 0.6 is 0 Å². The number of amides is 1. The van der Waals surface area contributed by atoms with E-state index in [0.717, 1.165) is 5.39 Å². The van der Waals surface area contributed by atoms with Gasteiger partial charge < -0.3 is 14.6 Å². The minimum absolute atomic E-state index is 0.0933. The van der Waals surface area contributed by atoms with E-state index in [1.165, 1.54) is 0 Å². The monoisotopic (exact) mass is 390 g/mol. The lowest BCUT2D eigenvalue weighted by Gasteiger charge is -2.07. The van der Waals surface area contributed by atoms with E-state index in [-0.39, 0.29) is 24.6 Å². The Morgan fingerprint density at radius 2 is 2.00 bits per heavy atom. The summed E-state index contributed by atoms with van der Waals surface area (Å²) in [6.45, 7) is 2.02. The van der Waals surface area contributed by atoms with Gasteiger partial charge in [-0.1, -0.05) is 23.4 Å². The van der Waals surface area contributed by atoms with Gasteiger partial charge in [0, 0.05) is 17.3 Å². The average molecular weight is 390 g/mol. The topological polar surface area (TPSA) is 99.2 Å². The molecule has 2 aromatic heterocycles. The van der Waals surface area contributed by atoms with Gasteiger partial charge in [-0.05, 0) is 43.3 Å². The fraction of sp³-hybridized carbons (Fsp3) is 0.143. The van der Waals surface area contributed by atoms with Gasteiger partial charge >= 0.3 is 5.97 Å². The molecule has 0 atom stereocenters. The largest absolute Gasteiger partial charge is 0.461 e. The first-order chi connectivity index (χ1) is 14.1. The number of fused-ring (bicyclic) bond motifs is 1. The van der Waals surface area contributed by atoms with Gasteiger partial charge in [0.2, 0.25) is 5.91 Å². The summed E-state index contributed by atoms with van der Waals surface area (Å²) in [4.78, 5) is 24.2. The predicted molar refractivity (Wildman–Crippen MR) is 106 cm³/mol. The normalized spacial score (nSPS) is 10.8. The molecule has 0 radical (unpaired) electrons. The Kier molecular flexibility index (Phi) is 5.07. The number of esters is 1. The van der Waals surface area contributed by atoms with Crippen LogP contribution < -0.4 is 5.32 Å².